The van der Waals surface area contributed by atoms with Crippen LogP contribution in [0.3, 0.4) is 0 Å². The van der Waals surface area contributed by atoms with Gasteiger partial charge in [-0.1, -0.05) is 0 Å². The molecule has 4 heteroatoms. The summed E-state index contributed by atoms with van der Waals surface area (Å²) in [6.07, 6.45) is 4.48. The number of nitrogens with zero attached hydrogens (tertiary/aromatic N) is 1. The molecule has 1 aromatic rings. The van der Waals surface area contributed by atoms with Crippen LogP contribution in [0.4, 0.5) is 0 Å². The second-order valence-electron chi connectivity index (χ2n) is 3.42. The van der Waals surface area contributed by atoms with E-state index in [4.69, 9.17) is 0 Å². The molecule has 0 bridgehead atoms. The van der Waals surface area contributed by atoms with Gasteiger partial charge in [0.1, 0.15) is 0 Å². The first-order valence-electron chi connectivity index (χ1n) is 4.82. The topological polar surface area (TPSA) is 24.9 Å². The average Bonchev–Trinajstić information content (AvgIpc) is 2.70. The molecule has 0 aliphatic carbocycles. The Morgan fingerprint density at radius 1 is 1.57 bits per heavy atom. The van der Waals surface area contributed by atoms with Crippen molar-refractivity contribution in [1.82, 2.24) is 10.3 Å². The fraction of sp³-hybridized carbons (Fsp3) is 0.500. The van der Waals surface area contributed by atoms with Gasteiger partial charge in [0.15, 0.2) is 0 Å². The second kappa shape index (κ2) is 5.14. The molecule has 1 aliphatic heterocycles. The zero-order chi connectivity index (χ0) is 9.80. The number of rotatable bonds is 3. The van der Waals surface area contributed by atoms with Crippen LogP contribution in [0.1, 0.15) is 12.8 Å². The van der Waals surface area contributed by atoms with Crippen LogP contribution in [0, 0.1) is 0 Å². The molecule has 2 rings (SSSR count). The molecule has 0 saturated carbocycles. The molecule has 1 fully saturated rings. The highest BCUT2D eigenvalue weighted by Gasteiger charge is 2.13. The predicted octanol–water partition coefficient (Wildman–Crippen LogP) is 2.69. The normalized spacial score (nSPS) is 21.4. The summed E-state index contributed by atoms with van der Waals surface area (Å²) in [4.78, 5) is 4.33. The third-order valence-corrected chi connectivity index (χ3v) is 3.87. The maximum atomic E-state index is 4.33. The first-order valence-corrected chi connectivity index (χ1v) is 6.60. The number of hydrogen-bond donors (Lipinski definition) is 1. The van der Waals surface area contributed by atoms with E-state index in [1.807, 2.05) is 24.0 Å². The van der Waals surface area contributed by atoms with Crippen molar-refractivity contribution in [3.63, 3.8) is 0 Å². The molecule has 1 aromatic heterocycles. The first-order chi connectivity index (χ1) is 6.84. The molecule has 0 spiro atoms. The lowest BCUT2D eigenvalue weighted by molar-refractivity contribution is 0.673. The molecule has 1 saturated heterocycles. The summed E-state index contributed by atoms with van der Waals surface area (Å²) in [6, 6.07) is 4.78. The van der Waals surface area contributed by atoms with Crippen molar-refractivity contribution in [2.75, 3.05) is 12.3 Å². The van der Waals surface area contributed by atoms with E-state index in [9.17, 15) is 0 Å². The van der Waals surface area contributed by atoms with Crippen molar-refractivity contribution >= 4 is 27.7 Å². The van der Waals surface area contributed by atoms with Gasteiger partial charge >= 0.3 is 0 Å². The predicted molar refractivity (Wildman–Crippen MR) is 63.7 cm³/mol. The van der Waals surface area contributed by atoms with Crippen molar-refractivity contribution in [2.45, 2.75) is 23.9 Å². The van der Waals surface area contributed by atoms with Crippen LogP contribution in [-0.2, 0) is 0 Å². The van der Waals surface area contributed by atoms with Gasteiger partial charge in [-0.2, -0.15) is 0 Å². The Labute approximate surface area is 97.0 Å². The van der Waals surface area contributed by atoms with Gasteiger partial charge < -0.3 is 5.32 Å². The van der Waals surface area contributed by atoms with Crippen molar-refractivity contribution in [3.8, 4) is 0 Å². The Morgan fingerprint density at radius 3 is 3.14 bits per heavy atom. The van der Waals surface area contributed by atoms with Crippen molar-refractivity contribution in [1.29, 1.82) is 0 Å². The number of aromatic nitrogens is 1. The molecule has 1 aliphatic rings. The maximum Gasteiger partial charge on any atom is 0.0961 e. The molecule has 14 heavy (non-hydrogen) atoms. The largest absolute Gasteiger partial charge is 0.313 e. The number of pyridine rings is 1. The van der Waals surface area contributed by atoms with Crippen LogP contribution < -0.4 is 5.32 Å². The lowest BCUT2D eigenvalue weighted by atomic mass is 10.3. The van der Waals surface area contributed by atoms with Crippen LogP contribution >= 0.6 is 27.7 Å². The fourth-order valence-corrected chi connectivity index (χ4v) is 2.72. The van der Waals surface area contributed by atoms with Gasteiger partial charge in [-0.05, 0) is 47.4 Å². The van der Waals surface area contributed by atoms with Gasteiger partial charge in [0.05, 0.1) is 5.03 Å². The van der Waals surface area contributed by atoms with E-state index in [1.165, 1.54) is 19.4 Å². The SMILES string of the molecule is Brc1ccc(SC[C@H]2CCCN2)nc1. The molecule has 1 N–H and O–H groups in total. The minimum Gasteiger partial charge on any atom is -0.313 e. The Kier molecular flexibility index (Phi) is 3.84. The van der Waals surface area contributed by atoms with Gasteiger partial charge in [-0.15, -0.1) is 11.8 Å². The number of hydrogen-bond acceptors (Lipinski definition) is 3. The molecule has 0 aromatic carbocycles. The van der Waals surface area contributed by atoms with Crippen LogP contribution in [0.2, 0.25) is 0 Å². The van der Waals surface area contributed by atoms with Crippen LogP contribution in [-0.4, -0.2) is 23.3 Å². The molecule has 2 nitrogen and oxygen atoms in total. The van der Waals surface area contributed by atoms with Gasteiger partial charge in [0.2, 0.25) is 0 Å². The van der Waals surface area contributed by atoms with Crippen molar-refractivity contribution < 1.29 is 0 Å². The van der Waals surface area contributed by atoms with Gasteiger partial charge in [-0.25, -0.2) is 4.98 Å². The molecule has 2 heterocycles. The maximum absolute atomic E-state index is 4.33. The molecule has 0 radical (unpaired) electrons. The van der Waals surface area contributed by atoms with Crippen molar-refractivity contribution in [2.24, 2.45) is 0 Å². The van der Waals surface area contributed by atoms with Crippen LogP contribution in [0.15, 0.2) is 27.8 Å². The average molecular weight is 273 g/mol. The summed E-state index contributed by atoms with van der Waals surface area (Å²) in [6.45, 7) is 1.18. The summed E-state index contributed by atoms with van der Waals surface area (Å²) in [5.41, 5.74) is 0. The monoisotopic (exact) mass is 272 g/mol. The molecular weight excluding hydrogens is 260 g/mol. The first kappa shape index (κ1) is 10.5. The summed E-state index contributed by atoms with van der Waals surface area (Å²) >= 11 is 5.21. The van der Waals surface area contributed by atoms with E-state index < -0.39 is 0 Å². The summed E-state index contributed by atoms with van der Waals surface area (Å²) in [5, 5.41) is 4.59. The smallest absolute Gasteiger partial charge is 0.0961 e. The van der Waals surface area contributed by atoms with E-state index in [0.717, 1.165) is 15.3 Å². The Bertz CT molecular complexity index is 283. The lowest BCUT2D eigenvalue weighted by Crippen LogP contribution is -2.23. The van der Waals surface area contributed by atoms with E-state index >= 15 is 0 Å². The van der Waals surface area contributed by atoms with E-state index in [0.29, 0.717) is 6.04 Å². The Hall–Kier alpha value is -0.0600. The molecule has 0 amide bonds. The zero-order valence-electron chi connectivity index (χ0n) is 7.87. The van der Waals surface area contributed by atoms with Gasteiger partial charge in [0, 0.05) is 22.5 Å². The molecular formula is C10H13BrN2S. The fourth-order valence-electron chi connectivity index (χ4n) is 1.53. The minimum absolute atomic E-state index is 0.686. The highest BCUT2D eigenvalue weighted by Crippen LogP contribution is 2.20. The van der Waals surface area contributed by atoms with Crippen LogP contribution in [0.5, 0.6) is 0 Å². The van der Waals surface area contributed by atoms with E-state index in [1.54, 1.807) is 0 Å². The molecule has 1 atom stereocenters. The van der Waals surface area contributed by atoms with Gasteiger partial charge in [-0.3, -0.25) is 0 Å². The highest BCUT2D eigenvalue weighted by atomic mass is 79.9. The Morgan fingerprint density at radius 2 is 2.50 bits per heavy atom. The summed E-state index contributed by atoms with van der Waals surface area (Å²) in [7, 11) is 0. The summed E-state index contributed by atoms with van der Waals surface area (Å²) in [5.74, 6) is 1.13. The number of halogens is 1. The van der Waals surface area contributed by atoms with E-state index in [-0.39, 0.29) is 0 Å². The second-order valence-corrected chi connectivity index (χ2v) is 5.37. The standard InChI is InChI=1S/C10H13BrN2S/c11-8-3-4-10(13-6-8)14-7-9-2-1-5-12-9/h3-4,6,9,12H,1-2,5,7H2/t9-/m1/s1. The van der Waals surface area contributed by atoms with E-state index in [2.05, 4.69) is 32.3 Å². The third kappa shape index (κ3) is 2.97. The quantitative estimate of drug-likeness (QED) is 0.857. The minimum atomic E-state index is 0.686. The van der Waals surface area contributed by atoms with Gasteiger partial charge in [0.25, 0.3) is 0 Å². The lowest BCUT2D eigenvalue weighted by Gasteiger charge is -2.08. The highest BCUT2D eigenvalue weighted by molar-refractivity contribution is 9.10. The summed E-state index contributed by atoms with van der Waals surface area (Å²) < 4.78 is 1.04. The third-order valence-electron chi connectivity index (χ3n) is 2.30. The number of nitrogens with one attached hydrogen (secondary N) is 1. The zero-order valence-corrected chi connectivity index (χ0v) is 10.3. The van der Waals surface area contributed by atoms with Crippen molar-refractivity contribution in [3.05, 3.63) is 22.8 Å². The molecule has 0 unspecified atom stereocenters. The number of thioether (sulfide) groups is 1. The molecule has 76 valence electrons. The van der Waals surface area contributed by atoms with Crippen LogP contribution in [0.25, 0.3) is 0 Å². The Balaban J connectivity index is 1.82.